The van der Waals surface area contributed by atoms with Crippen LogP contribution >= 0.6 is 0 Å². The summed E-state index contributed by atoms with van der Waals surface area (Å²) in [5, 5.41) is 0. The topological polar surface area (TPSA) is 52.7 Å². The Morgan fingerprint density at radius 3 is 2.59 bits per heavy atom. The zero-order valence-corrected chi connectivity index (χ0v) is 12.4. The summed E-state index contributed by atoms with van der Waals surface area (Å²) in [5.74, 6) is 0. The number of hydrogen-bond donors (Lipinski definition) is 0. The first-order chi connectivity index (χ1) is 10.8. The molecule has 0 saturated heterocycles. The highest BCUT2D eigenvalue weighted by Gasteiger charge is 2.20. The molecule has 0 radical (unpaired) electrons. The van der Waals surface area contributed by atoms with Crippen molar-refractivity contribution in [3.63, 3.8) is 0 Å². The molecule has 1 aliphatic carbocycles. The number of nitrogens with zero attached hydrogens (tertiary/aromatic N) is 4. The maximum Gasteiger partial charge on any atom is 0.281 e. The van der Waals surface area contributed by atoms with Crippen LogP contribution < -0.4 is 5.56 Å². The van der Waals surface area contributed by atoms with Gasteiger partial charge in [0.25, 0.3) is 5.56 Å². The van der Waals surface area contributed by atoms with Crippen LogP contribution in [0.25, 0.3) is 11.2 Å². The van der Waals surface area contributed by atoms with Gasteiger partial charge >= 0.3 is 0 Å². The van der Waals surface area contributed by atoms with Crippen molar-refractivity contribution in [2.75, 3.05) is 0 Å². The Bertz CT molecular complexity index is 844. The lowest BCUT2D eigenvalue weighted by Gasteiger charge is -2.11. The number of fused-ring (bicyclic) bond motifs is 1. The number of aromatic nitrogens is 4. The molecule has 0 aliphatic heterocycles. The van der Waals surface area contributed by atoms with Crippen LogP contribution in [-0.4, -0.2) is 19.1 Å². The van der Waals surface area contributed by atoms with Gasteiger partial charge in [-0.2, -0.15) is 0 Å². The summed E-state index contributed by atoms with van der Waals surface area (Å²) in [6, 6.07) is 10.4. The van der Waals surface area contributed by atoms with E-state index in [2.05, 4.69) is 14.5 Å². The van der Waals surface area contributed by atoms with Crippen molar-refractivity contribution in [2.45, 2.75) is 38.3 Å². The molecule has 0 atom stereocenters. The smallest absolute Gasteiger partial charge is 0.281 e. The fraction of sp³-hybridized carbons (Fsp3) is 0.353. The highest BCUT2D eigenvalue weighted by molar-refractivity contribution is 5.69. The monoisotopic (exact) mass is 294 g/mol. The van der Waals surface area contributed by atoms with E-state index in [1.54, 1.807) is 17.2 Å². The lowest BCUT2D eigenvalue weighted by molar-refractivity contribution is 0.528. The lowest BCUT2D eigenvalue weighted by Crippen LogP contribution is -2.21. The van der Waals surface area contributed by atoms with Crippen LogP contribution in [0.3, 0.4) is 0 Å². The van der Waals surface area contributed by atoms with Crippen LogP contribution in [0.4, 0.5) is 0 Å². The average molecular weight is 294 g/mol. The summed E-state index contributed by atoms with van der Waals surface area (Å²) < 4.78 is 3.71. The van der Waals surface area contributed by atoms with Gasteiger partial charge in [0.05, 0.1) is 12.9 Å². The van der Waals surface area contributed by atoms with Crippen molar-refractivity contribution in [2.24, 2.45) is 0 Å². The van der Waals surface area contributed by atoms with E-state index >= 15 is 0 Å². The molecule has 0 amide bonds. The Kier molecular flexibility index (Phi) is 3.25. The highest BCUT2D eigenvalue weighted by Crippen LogP contribution is 2.30. The molecule has 112 valence electrons. The van der Waals surface area contributed by atoms with Crippen molar-refractivity contribution < 1.29 is 0 Å². The van der Waals surface area contributed by atoms with E-state index in [1.165, 1.54) is 12.8 Å². The fourth-order valence-electron chi connectivity index (χ4n) is 3.29. The summed E-state index contributed by atoms with van der Waals surface area (Å²) in [5.41, 5.74) is 2.22. The van der Waals surface area contributed by atoms with E-state index in [0.29, 0.717) is 18.1 Å². The second-order valence-electron chi connectivity index (χ2n) is 5.93. The SMILES string of the molecule is O=c1c2ncn(C3CCCC3)c2ncn1Cc1ccccc1. The molecule has 0 bridgehead atoms. The summed E-state index contributed by atoms with van der Waals surface area (Å²) in [6.07, 6.45) is 8.22. The molecule has 1 saturated carbocycles. The fourth-order valence-corrected chi connectivity index (χ4v) is 3.29. The van der Waals surface area contributed by atoms with Gasteiger partial charge in [0, 0.05) is 6.04 Å². The molecule has 2 aromatic heterocycles. The van der Waals surface area contributed by atoms with Gasteiger partial charge in [-0.05, 0) is 18.4 Å². The summed E-state index contributed by atoms with van der Waals surface area (Å²) in [6.45, 7) is 0.527. The van der Waals surface area contributed by atoms with Crippen LogP contribution in [0.1, 0.15) is 37.3 Å². The predicted octanol–water partition coefficient (Wildman–Crippen LogP) is 2.76. The largest absolute Gasteiger partial charge is 0.312 e. The second-order valence-corrected chi connectivity index (χ2v) is 5.93. The summed E-state index contributed by atoms with van der Waals surface area (Å²) in [4.78, 5) is 21.4. The molecule has 5 nitrogen and oxygen atoms in total. The molecule has 3 aromatic rings. The third-order valence-electron chi connectivity index (χ3n) is 4.46. The predicted molar refractivity (Wildman–Crippen MR) is 84.8 cm³/mol. The molecule has 22 heavy (non-hydrogen) atoms. The second kappa shape index (κ2) is 5.40. The Morgan fingerprint density at radius 2 is 1.82 bits per heavy atom. The summed E-state index contributed by atoms with van der Waals surface area (Å²) in [7, 11) is 0. The maximum atomic E-state index is 12.6. The third-order valence-corrected chi connectivity index (χ3v) is 4.46. The van der Waals surface area contributed by atoms with Crippen LogP contribution in [0.5, 0.6) is 0 Å². The molecule has 0 N–H and O–H groups in total. The number of rotatable bonds is 3. The third kappa shape index (κ3) is 2.22. The Morgan fingerprint density at radius 1 is 1.05 bits per heavy atom. The van der Waals surface area contributed by atoms with Gasteiger partial charge in [-0.1, -0.05) is 43.2 Å². The van der Waals surface area contributed by atoms with Crippen LogP contribution in [0, 0.1) is 0 Å². The quantitative estimate of drug-likeness (QED) is 0.746. The molecular weight excluding hydrogens is 276 g/mol. The van der Waals surface area contributed by atoms with Gasteiger partial charge in [-0.25, -0.2) is 9.97 Å². The minimum atomic E-state index is -0.0643. The van der Waals surface area contributed by atoms with E-state index in [4.69, 9.17) is 0 Å². The van der Waals surface area contributed by atoms with Gasteiger partial charge in [-0.3, -0.25) is 9.36 Å². The minimum Gasteiger partial charge on any atom is -0.312 e. The first kappa shape index (κ1) is 13.2. The Balaban J connectivity index is 1.73. The molecule has 1 aliphatic rings. The average Bonchev–Trinajstić information content (AvgIpc) is 3.20. The van der Waals surface area contributed by atoms with Crippen molar-refractivity contribution in [1.82, 2.24) is 19.1 Å². The minimum absolute atomic E-state index is 0.0643. The van der Waals surface area contributed by atoms with Gasteiger partial charge in [0.1, 0.15) is 6.33 Å². The van der Waals surface area contributed by atoms with Crippen molar-refractivity contribution in [3.8, 4) is 0 Å². The maximum absolute atomic E-state index is 12.6. The van der Waals surface area contributed by atoms with Crippen molar-refractivity contribution in [1.29, 1.82) is 0 Å². The van der Waals surface area contributed by atoms with E-state index in [9.17, 15) is 4.79 Å². The number of benzene rings is 1. The molecule has 2 heterocycles. The van der Waals surface area contributed by atoms with E-state index in [0.717, 1.165) is 24.1 Å². The Labute approximate surface area is 128 Å². The van der Waals surface area contributed by atoms with Crippen LogP contribution in [0.2, 0.25) is 0 Å². The zero-order valence-electron chi connectivity index (χ0n) is 12.4. The first-order valence-corrected chi connectivity index (χ1v) is 7.79. The highest BCUT2D eigenvalue weighted by atomic mass is 16.1. The lowest BCUT2D eigenvalue weighted by atomic mass is 10.2. The molecule has 1 aromatic carbocycles. The van der Waals surface area contributed by atoms with E-state index in [-0.39, 0.29) is 5.56 Å². The van der Waals surface area contributed by atoms with Crippen molar-refractivity contribution in [3.05, 3.63) is 58.9 Å². The van der Waals surface area contributed by atoms with Gasteiger partial charge < -0.3 is 4.57 Å². The molecule has 0 spiro atoms. The van der Waals surface area contributed by atoms with Crippen LogP contribution in [0.15, 0.2) is 47.8 Å². The van der Waals surface area contributed by atoms with Gasteiger partial charge in [0.15, 0.2) is 11.2 Å². The van der Waals surface area contributed by atoms with Crippen LogP contribution in [-0.2, 0) is 6.54 Å². The molecule has 4 rings (SSSR count). The number of hydrogen-bond acceptors (Lipinski definition) is 3. The normalized spacial score (nSPS) is 15.6. The Hall–Kier alpha value is -2.43. The van der Waals surface area contributed by atoms with Gasteiger partial charge in [0.2, 0.25) is 0 Å². The molecule has 1 fully saturated rings. The first-order valence-electron chi connectivity index (χ1n) is 7.79. The van der Waals surface area contributed by atoms with Crippen molar-refractivity contribution >= 4 is 11.2 Å². The summed E-state index contributed by atoms with van der Waals surface area (Å²) >= 11 is 0. The van der Waals surface area contributed by atoms with Gasteiger partial charge in [-0.15, -0.1) is 0 Å². The molecule has 0 unspecified atom stereocenters. The van der Waals surface area contributed by atoms with E-state index < -0.39 is 0 Å². The molecule has 5 heteroatoms. The number of imidazole rings is 1. The van der Waals surface area contributed by atoms with E-state index in [1.807, 2.05) is 30.3 Å². The standard InChI is InChI=1S/C17H18N4O/c22-17-15-16(21(12-18-15)14-8-4-5-9-14)19-11-20(17)10-13-6-2-1-3-7-13/h1-3,6-7,11-12,14H,4-5,8-10H2. The zero-order chi connectivity index (χ0) is 14.9. The molecular formula is C17H18N4O.